The number of nitrogens with zero attached hydrogens (tertiary/aromatic N) is 2. The summed E-state index contributed by atoms with van der Waals surface area (Å²) in [4.78, 5) is 0. The van der Waals surface area contributed by atoms with Crippen LogP contribution in [0.2, 0.25) is 5.02 Å². The van der Waals surface area contributed by atoms with Crippen LogP contribution in [0.3, 0.4) is 0 Å². The summed E-state index contributed by atoms with van der Waals surface area (Å²) in [7, 11) is 1.82. The summed E-state index contributed by atoms with van der Waals surface area (Å²) < 4.78 is 6.33. The highest BCUT2D eigenvalue weighted by atomic mass is 79.9. The fraction of sp³-hybridized carbons (Fsp3) is 0.200. The SMILES string of the molecule is CNCc1nnc(-c2cc(Cl)cc(Br)c2)o1. The second-order valence-corrected chi connectivity index (χ2v) is 4.54. The first-order valence-electron chi connectivity index (χ1n) is 4.62. The molecule has 1 heterocycles. The largest absolute Gasteiger partial charge is 0.419 e. The summed E-state index contributed by atoms with van der Waals surface area (Å²) in [5.41, 5.74) is 0.800. The van der Waals surface area contributed by atoms with Gasteiger partial charge in [-0.1, -0.05) is 27.5 Å². The second-order valence-electron chi connectivity index (χ2n) is 3.19. The highest BCUT2D eigenvalue weighted by Gasteiger charge is 2.09. The predicted octanol–water partition coefficient (Wildman–Crippen LogP) is 2.87. The van der Waals surface area contributed by atoms with Crippen LogP contribution in [0, 0.1) is 0 Å². The van der Waals surface area contributed by atoms with Crippen molar-refractivity contribution in [2.75, 3.05) is 7.05 Å². The van der Waals surface area contributed by atoms with E-state index in [0.717, 1.165) is 10.0 Å². The van der Waals surface area contributed by atoms with Gasteiger partial charge in [-0.25, -0.2) is 0 Å². The van der Waals surface area contributed by atoms with E-state index in [9.17, 15) is 0 Å². The molecule has 0 aliphatic rings. The van der Waals surface area contributed by atoms with Crippen molar-refractivity contribution in [1.82, 2.24) is 15.5 Å². The van der Waals surface area contributed by atoms with Crippen LogP contribution in [0.25, 0.3) is 11.5 Å². The summed E-state index contributed by atoms with van der Waals surface area (Å²) >= 11 is 9.30. The second kappa shape index (κ2) is 4.95. The van der Waals surface area contributed by atoms with Crippen LogP contribution in [0.4, 0.5) is 0 Å². The first kappa shape index (κ1) is 11.6. The van der Waals surface area contributed by atoms with E-state index in [4.69, 9.17) is 16.0 Å². The third-order valence-corrected chi connectivity index (χ3v) is 2.58. The quantitative estimate of drug-likeness (QED) is 0.947. The van der Waals surface area contributed by atoms with Crippen molar-refractivity contribution in [2.24, 2.45) is 0 Å². The van der Waals surface area contributed by atoms with Crippen LogP contribution in [0.5, 0.6) is 0 Å². The van der Waals surface area contributed by atoms with Gasteiger partial charge in [0, 0.05) is 15.1 Å². The van der Waals surface area contributed by atoms with Crippen molar-refractivity contribution in [3.05, 3.63) is 33.6 Å². The fourth-order valence-corrected chi connectivity index (χ4v) is 2.13. The molecule has 6 heteroatoms. The van der Waals surface area contributed by atoms with E-state index < -0.39 is 0 Å². The third-order valence-electron chi connectivity index (χ3n) is 1.90. The maximum absolute atomic E-state index is 5.94. The van der Waals surface area contributed by atoms with Crippen LogP contribution in [0.1, 0.15) is 5.89 Å². The minimum atomic E-state index is 0.466. The van der Waals surface area contributed by atoms with Crippen LogP contribution >= 0.6 is 27.5 Å². The van der Waals surface area contributed by atoms with Gasteiger partial charge >= 0.3 is 0 Å². The molecule has 0 spiro atoms. The molecule has 1 N–H and O–H groups in total. The van der Waals surface area contributed by atoms with Gasteiger partial charge in [-0.3, -0.25) is 0 Å². The standard InChI is InChI=1S/C10H9BrClN3O/c1-13-5-9-14-15-10(16-9)6-2-7(11)4-8(12)3-6/h2-4,13H,5H2,1H3. The molecule has 0 fully saturated rings. The van der Waals surface area contributed by atoms with Crippen LogP contribution < -0.4 is 5.32 Å². The Balaban J connectivity index is 2.34. The van der Waals surface area contributed by atoms with E-state index in [1.807, 2.05) is 13.1 Å². The van der Waals surface area contributed by atoms with E-state index in [1.54, 1.807) is 12.1 Å². The number of rotatable bonds is 3. The minimum absolute atomic E-state index is 0.466. The number of hydrogen-bond donors (Lipinski definition) is 1. The Bertz CT molecular complexity index is 480. The molecule has 2 rings (SSSR count). The van der Waals surface area contributed by atoms with Crippen molar-refractivity contribution in [1.29, 1.82) is 0 Å². The Kier molecular flexibility index (Phi) is 3.58. The molecular formula is C10H9BrClN3O. The van der Waals surface area contributed by atoms with Crippen molar-refractivity contribution in [2.45, 2.75) is 6.54 Å². The fourth-order valence-electron chi connectivity index (χ4n) is 1.27. The molecule has 0 saturated heterocycles. The molecule has 0 aliphatic carbocycles. The maximum atomic E-state index is 5.94. The monoisotopic (exact) mass is 301 g/mol. The van der Waals surface area contributed by atoms with Crippen molar-refractivity contribution < 1.29 is 4.42 Å². The van der Waals surface area contributed by atoms with Crippen LogP contribution in [-0.2, 0) is 6.54 Å². The smallest absolute Gasteiger partial charge is 0.247 e. The molecule has 0 atom stereocenters. The first-order chi connectivity index (χ1) is 7.69. The summed E-state index contributed by atoms with van der Waals surface area (Å²) in [5, 5.41) is 11.4. The van der Waals surface area contributed by atoms with Gasteiger partial charge in [0.15, 0.2) is 0 Å². The number of halogens is 2. The Morgan fingerprint density at radius 2 is 2.19 bits per heavy atom. The molecule has 0 bridgehead atoms. The molecule has 1 aromatic heterocycles. The number of nitrogens with one attached hydrogen (secondary N) is 1. The van der Waals surface area contributed by atoms with Crippen LogP contribution in [0.15, 0.2) is 27.1 Å². The van der Waals surface area contributed by atoms with Crippen molar-refractivity contribution in [3.63, 3.8) is 0 Å². The Labute approximate surface area is 106 Å². The molecule has 2 aromatic rings. The average molecular weight is 303 g/mol. The molecule has 1 aromatic carbocycles. The molecule has 4 nitrogen and oxygen atoms in total. The predicted molar refractivity (Wildman–Crippen MR) is 65.2 cm³/mol. The summed E-state index contributed by atoms with van der Waals surface area (Å²) in [6.07, 6.45) is 0. The zero-order valence-corrected chi connectivity index (χ0v) is 10.8. The molecule has 0 saturated carbocycles. The summed E-state index contributed by atoms with van der Waals surface area (Å²) in [6, 6.07) is 5.46. The molecule has 0 aliphatic heterocycles. The van der Waals surface area contributed by atoms with Gasteiger partial charge in [0.1, 0.15) is 0 Å². The molecule has 16 heavy (non-hydrogen) atoms. The Hall–Kier alpha value is -0.910. The highest BCUT2D eigenvalue weighted by Crippen LogP contribution is 2.26. The van der Waals surface area contributed by atoms with Gasteiger partial charge in [-0.2, -0.15) is 0 Å². The summed E-state index contributed by atoms with van der Waals surface area (Å²) in [6.45, 7) is 0.550. The topological polar surface area (TPSA) is 51.0 Å². The zero-order chi connectivity index (χ0) is 11.5. The van der Waals surface area contributed by atoms with Gasteiger partial charge in [0.25, 0.3) is 0 Å². The van der Waals surface area contributed by atoms with Crippen molar-refractivity contribution >= 4 is 27.5 Å². The van der Waals surface area contributed by atoms with Gasteiger partial charge in [-0.15, -0.1) is 10.2 Å². The van der Waals surface area contributed by atoms with Crippen molar-refractivity contribution in [3.8, 4) is 11.5 Å². The van der Waals surface area contributed by atoms with Gasteiger partial charge in [0.2, 0.25) is 11.8 Å². The lowest BCUT2D eigenvalue weighted by Gasteiger charge is -1.97. The molecular weight excluding hydrogens is 293 g/mol. The van der Waals surface area contributed by atoms with E-state index in [1.165, 1.54) is 0 Å². The van der Waals surface area contributed by atoms with Gasteiger partial charge in [-0.05, 0) is 25.2 Å². The zero-order valence-electron chi connectivity index (χ0n) is 8.50. The Morgan fingerprint density at radius 3 is 2.88 bits per heavy atom. The summed E-state index contributed by atoms with van der Waals surface area (Å²) in [5.74, 6) is 1.02. The van der Waals surface area contributed by atoms with E-state index >= 15 is 0 Å². The lowest BCUT2D eigenvalue weighted by Crippen LogP contribution is -2.04. The first-order valence-corrected chi connectivity index (χ1v) is 5.79. The normalized spacial score (nSPS) is 10.7. The minimum Gasteiger partial charge on any atom is -0.419 e. The molecule has 0 unspecified atom stereocenters. The average Bonchev–Trinajstić information content (AvgIpc) is 2.65. The maximum Gasteiger partial charge on any atom is 0.247 e. The lowest BCUT2D eigenvalue weighted by molar-refractivity contribution is 0.490. The molecule has 0 radical (unpaired) electrons. The number of aromatic nitrogens is 2. The third kappa shape index (κ3) is 2.61. The van der Waals surface area contributed by atoms with E-state index in [0.29, 0.717) is 23.3 Å². The lowest BCUT2D eigenvalue weighted by atomic mass is 10.2. The molecule has 0 amide bonds. The number of hydrogen-bond acceptors (Lipinski definition) is 4. The van der Waals surface area contributed by atoms with Gasteiger partial charge in [0.05, 0.1) is 6.54 Å². The Morgan fingerprint density at radius 1 is 1.38 bits per heavy atom. The van der Waals surface area contributed by atoms with Gasteiger partial charge < -0.3 is 9.73 Å². The van der Waals surface area contributed by atoms with Crippen LogP contribution in [-0.4, -0.2) is 17.2 Å². The van der Waals surface area contributed by atoms with E-state index in [-0.39, 0.29) is 0 Å². The molecule has 84 valence electrons. The van der Waals surface area contributed by atoms with E-state index in [2.05, 4.69) is 31.4 Å². The number of benzene rings is 1. The highest BCUT2D eigenvalue weighted by molar-refractivity contribution is 9.10.